The van der Waals surface area contributed by atoms with Gasteiger partial charge in [0.2, 0.25) is 0 Å². The van der Waals surface area contributed by atoms with E-state index in [-0.39, 0.29) is 0 Å². The Labute approximate surface area is 92.2 Å². The maximum absolute atomic E-state index is 4.22. The molecule has 2 aliphatic rings. The van der Waals surface area contributed by atoms with Crippen LogP contribution in [0.25, 0.3) is 0 Å². The molecule has 3 rings (SSSR count). The summed E-state index contributed by atoms with van der Waals surface area (Å²) in [5, 5.41) is 3.65. The van der Waals surface area contributed by atoms with Crippen LogP contribution in [-0.2, 0) is 0 Å². The van der Waals surface area contributed by atoms with Crippen molar-refractivity contribution in [3.63, 3.8) is 0 Å². The SMILES string of the molecule is Brc1ccncc1C1CC2CCC1N2. The number of rotatable bonds is 1. The molecule has 2 aliphatic heterocycles. The van der Waals surface area contributed by atoms with E-state index in [2.05, 4.69) is 26.2 Å². The summed E-state index contributed by atoms with van der Waals surface area (Å²) in [4.78, 5) is 4.22. The Kier molecular flexibility index (Phi) is 2.10. The average molecular weight is 253 g/mol. The van der Waals surface area contributed by atoms with Crippen molar-refractivity contribution in [2.45, 2.75) is 37.3 Å². The fourth-order valence-electron chi connectivity index (χ4n) is 2.83. The number of nitrogens with zero attached hydrogens (tertiary/aromatic N) is 1. The highest BCUT2D eigenvalue weighted by Gasteiger charge is 2.40. The molecule has 74 valence electrons. The van der Waals surface area contributed by atoms with Crippen molar-refractivity contribution in [2.75, 3.05) is 0 Å². The van der Waals surface area contributed by atoms with Gasteiger partial charge in [-0.2, -0.15) is 0 Å². The van der Waals surface area contributed by atoms with Crippen LogP contribution in [0.5, 0.6) is 0 Å². The third-order valence-corrected chi connectivity index (χ3v) is 4.22. The highest BCUT2D eigenvalue weighted by atomic mass is 79.9. The van der Waals surface area contributed by atoms with Gasteiger partial charge in [0.15, 0.2) is 0 Å². The highest BCUT2D eigenvalue weighted by molar-refractivity contribution is 9.10. The summed E-state index contributed by atoms with van der Waals surface area (Å²) in [5.74, 6) is 0.678. The quantitative estimate of drug-likeness (QED) is 0.831. The van der Waals surface area contributed by atoms with E-state index >= 15 is 0 Å². The van der Waals surface area contributed by atoms with Gasteiger partial charge in [0.25, 0.3) is 0 Å². The lowest BCUT2D eigenvalue weighted by Crippen LogP contribution is -2.21. The summed E-state index contributed by atoms with van der Waals surface area (Å²) >= 11 is 3.61. The first-order chi connectivity index (χ1) is 6.84. The summed E-state index contributed by atoms with van der Waals surface area (Å²) < 4.78 is 1.21. The van der Waals surface area contributed by atoms with Crippen LogP contribution in [0.2, 0.25) is 0 Å². The molecule has 2 saturated heterocycles. The van der Waals surface area contributed by atoms with Gasteiger partial charge in [0, 0.05) is 34.9 Å². The van der Waals surface area contributed by atoms with Gasteiger partial charge < -0.3 is 5.32 Å². The van der Waals surface area contributed by atoms with Gasteiger partial charge in [0.1, 0.15) is 0 Å². The van der Waals surface area contributed by atoms with Crippen molar-refractivity contribution in [3.05, 3.63) is 28.5 Å². The van der Waals surface area contributed by atoms with Crippen molar-refractivity contribution in [3.8, 4) is 0 Å². The van der Waals surface area contributed by atoms with Gasteiger partial charge in [0.05, 0.1) is 0 Å². The highest BCUT2D eigenvalue weighted by Crippen LogP contribution is 2.41. The summed E-state index contributed by atoms with van der Waals surface area (Å²) in [7, 11) is 0. The first kappa shape index (κ1) is 8.86. The molecule has 0 amide bonds. The standard InChI is InChI=1S/C11H13BrN2/c12-10-3-4-13-6-9(10)8-5-7-1-2-11(8)14-7/h3-4,6-8,11,14H,1-2,5H2. The molecule has 1 N–H and O–H groups in total. The van der Waals surface area contributed by atoms with E-state index in [1.165, 1.54) is 29.3 Å². The van der Waals surface area contributed by atoms with Crippen LogP contribution < -0.4 is 5.32 Å². The van der Waals surface area contributed by atoms with Crippen molar-refractivity contribution < 1.29 is 0 Å². The van der Waals surface area contributed by atoms with Crippen LogP contribution in [0, 0.1) is 0 Å². The third kappa shape index (κ3) is 1.30. The van der Waals surface area contributed by atoms with E-state index in [1.54, 1.807) is 0 Å². The van der Waals surface area contributed by atoms with Crippen LogP contribution in [0.15, 0.2) is 22.9 Å². The molecule has 1 aromatic rings. The van der Waals surface area contributed by atoms with Gasteiger partial charge >= 0.3 is 0 Å². The van der Waals surface area contributed by atoms with Crippen molar-refractivity contribution in [2.24, 2.45) is 0 Å². The summed E-state index contributed by atoms with van der Waals surface area (Å²) in [6.45, 7) is 0. The molecule has 3 unspecified atom stereocenters. The second kappa shape index (κ2) is 3.31. The molecular weight excluding hydrogens is 240 g/mol. The fourth-order valence-corrected chi connectivity index (χ4v) is 3.35. The molecule has 2 nitrogen and oxygen atoms in total. The number of pyridine rings is 1. The van der Waals surface area contributed by atoms with Crippen molar-refractivity contribution in [1.29, 1.82) is 0 Å². The minimum absolute atomic E-state index is 0.678. The second-order valence-electron chi connectivity index (χ2n) is 4.29. The third-order valence-electron chi connectivity index (χ3n) is 3.50. The molecule has 0 saturated carbocycles. The van der Waals surface area contributed by atoms with E-state index in [9.17, 15) is 0 Å². The van der Waals surface area contributed by atoms with Gasteiger partial charge in [-0.15, -0.1) is 0 Å². The Hall–Kier alpha value is -0.410. The van der Waals surface area contributed by atoms with Gasteiger partial charge in [-0.25, -0.2) is 0 Å². The summed E-state index contributed by atoms with van der Waals surface area (Å²) in [5.41, 5.74) is 1.38. The van der Waals surface area contributed by atoms with Crippen LogP contribution in [0.3, 0.4) is 0 Å². The predicted molar refractivity (Wildman–Crippen MR) is 59.2 cm³/mol. The molecule has 0 radical (unpaired) electrons. The number of aromatic nitrogens is 1. The Balaban J connectivity index is 1.93. The molecule has 2 bridgehead atoms. The monoisotopic (exact) mass is 252 g/mol. The van der Waals surface area contributed by atoms with E-state index in [4.69, 9.17) is 0 Å². The van der Waals surface area contributed by atoms with E-state index in [0.29, 0.717) is 12.0 Å². The van der Waals surface area contributed by atoms with Gasteiger partial charge in [-0.3, -0.25) is 4.98 Å². The van der Waals surface area contributed by atoms with E-state index in [0.717, 1.165) is 6.04 Å². The van der Waals surface area contributed by atoms with Crippen molar-refractivity contribution >= 4 is 15.9 Å². The number of hydrogen-bond donors (Lipinski definition) is 1. The van der Waals surface area contributed by atoms with Gasteiger partial charge in [-0.1, -0.05) is 15.9 Å². The average Bonchev–Trinajstić information content (AvgIpc) is 2.79. The zero-order valence-corrected chi connectivity index (χ0v) is 9.50. The lowest BCUT2D eigenvalue weighted by atomic mass is 9.85. The van der Waals surface area contributed by atoms with Crippen LogP contribution in [0.1, 0.15) is 30.7 Å². The van der Waals surface area contributed by atoms with Crippen LogP contribution in [0.4, 0.5) is 0 Å². The first-order valence-corrected chi connectivity index (χ1v) is 5.99. The zero-order valence-electron chi connectivity index (χ0n) is 7.91. The molecule has 2 fully saturated rings. The summed E-state index contributed by atoms with van der Waals surface area (Å²) in [6.07, 6.45) is 7.83. The largest absolute Gasteiger partial charge is 0.311 e. The molecule has 14 heavy (non-hydrogen) atoms. The number of halogens is 1. The Bertz CT molecular complexity index is 353. The summed E-state index contributed by atoms with van der Waals surface area (Å²) in [6, 6.07) is 3.50. The molecule has 3 heteroatoms. The molecule has 3 atom stereocenters. The lowest BCUT2D eigenvalue weighted by Gasteiger charge is -2.20. The Morgan fingerprint density at radius 2 is 2.36 bits per heavy atom. The number of hydrogen-bond acceptors (Lipinski definition) is 2. The van der Waals surface area contributed by atoms with E-state index in [1.807, 2.05) is 18.5 Å². The number of nitrogens with one attached hydrogen (secondary N) is 1. The molecule has 0 aliphatic carbocycles. The van der Waals surface area contributed by atoms with E-state index < -0.39 is 0 Å². The fraction of sp³-hybridized carbons (Fsp3) is 0.545. The smallest absolute Gasteiger partial charge is 0.0314 e. The Morgan fingerprint density at radius 3 is 3.00 bits per heavy atom. The minimum Gasteiger partial charge on any atom is -0.311 e. The molecule has 0 aromatic carbocycles. The maximum atomic E-state index is 4.22. The Morgan fingerprint density at radius 1 is 1.43 bits per heavy atom. The van der Waals surface area contributed by atoms with Gasteiger partial charge in [-0.05, 0) is 30.9 Å². The first-order valence-electron chi connectivity index (χ1n) is 5.20. The predicted octanol–water partition coefficient (Wildman–Crippen LogP) is 2.45. The van der Waals surface area contributed by atoms with Crippen molar-refractivity contribution in [1.82, 2.24) is 10.3 Å². The minimum atomic E-state index is 0.678. The zero-order chi connectivity index (χ0) is 9.54. The normalized spacial score (nSPS) is 35.1. The molecular formula is C11H13BrN2. The van der Waals surface area contributed by atoms with Crippen LogP contribution in [-0.4, -0.2) is 17.1 Å². The molecule has 3 heterocycles. The molecule has 1 aromatic heterocycles. The van der Waals surface area contributed by atoms with Crippen LogP contribution >= 0.6 is 15.9 Å². The second-order valence-corrected chi connectivity index (χ2v) is 5.14. The lowest BCUT2D eigenvalue weighted by molar-refractivity contribution is 0.504. The number of fused-ring (bicyclic) bond motifs is 2. The topological polar surface area (TPSA) is 24.9 Å². The molecule has 0 spiro atoms. The maximum Gasteiger partial charge on any atom is 0.0314 e.